The van der Waals surface area contributed by atoms with Gasteiger partial charge in [0.05, 0.1) is 11.0 Å². The third kappa shape index (κ3) is 2.65. The van der Waals surface area contributed by atoms with Gasteiger partial charge in [0.25, 0.3) is 0 Å². The van der Waals surface area contributed by atoms with E-state index >= 15 is 0 Å². The third-order valence-electron chi connectivity index (χ3n) is 3.49. The second-order valence-electron chi connectivity index (χ2n) is 5.18. The monoisotopic (exact) mass is 263 g/mol. The Labute approximate surface area is 113 Å². The summed E-state index contributed by atoms with van der Waals surface area (Å²) >= 11 is 5.40. The van der Waals surface area contributed by atoms with Crippen LogP contribution in [0.15, 0.2) is 18.2 Å². The second kappa shape index (κ2) is 5.24. The number of H-pyrrole nitrogens is 1. The Morgan fingerprint density at radius 1 is 1.39 bits per heavy atom. The van der Waals surface area contributed by atoms with Gasteiger partial charge in [0.2, 0.25) is 0 Å². The van der Waals surface area contributed by atoms with Gasteiger partial charge in [-0.2, -0.15) is 0 Å². The zero-order chi connectivity index (χ0) is 13.3. The summed E-state index contributed by atoms with van der Waals surface area (Å²) in [5.41, 5.74) is 3.59. The summed E-state index contributed by atoms with van der Waals surface area (Å²) in [6, 6.07) is 6.96. The summed E-state index contributed by atoms with van der Waals surface area (Å²) in [5, 5.41) is 0. The maximum atomic E-state index is 5.40. The lowest BCUT2D eigenvalue weighted by Gasteiger charge is -2.21. The first-order valence-corrected chi connectivity index (χ1v) is 6.79. The van der Waals surface area contributed by atoms with Crippen molar-refractivity contribution in [1.82, 2.24) is 14.5 Å². The maximum absolute atomic E-state index is 5.40. The number of rotatable bonds is 4. The van der Waals surface area contributed by atoms with Crippen LogP contribution in [0.5, 0.6) is 0 Å². The molecule has 0 aliphatic heterocycles. The van der Waals surface area contributed by atoms with E-state index in [1.807, 2.05) is 0 Å². The summed E-state index contributed by atoms with van der Waals surface area (Å²) in [5.74, 6) is 0. The Morgan fingerprint density at radius 3 is 2.78 bits per heavy atom. The van der Waals surface area contributed by atoms with Gasteiger partial charge in [-0.3, -0.25) is 0 Å². The van der Waals surface area contributed by atoms with Gasteiger partial charge in [0, 0.05) is 19.1 Å². The quantitative estimate of drug-likeness (QED) is 0.855. The highest BCUT2D eigenvalue weighted by Crippen LogP contribution is 2.16. The van der Waals surface area contributed by atoms with Crippen molar-refractivity contribution in [3.8, 4) is 0 Å². The molecule has 0 aliphatic rings. The molecule has 0 spiro atoms. The van der Waals surface area contributed by atoms with E-state index in [-0.39, 0.29) is 0 Å². The number of likely N-dealkylation sites (N-methyl/N-ethyl adjacent to an activating group) is 1. The Balaban J connectivity index is 2.30. The number of benzene rings is 1. The number of fused-ring (bicyclic) bond motifs is 1. The smallest absolute Gasteiger partial charge is 0.178 e. The fourth-order valence-electron chi connectivity index (χ4n) is 2.00. The van der Waals surface area contributed by atoms with Crippen LogP contribution in [-0.4, -0.2) is 34.1 Å². The first kappa shape index (κ1) is 13.3. The number of aromatic nitrogens is 2. The normalized spacial score (nSPS) is 11.9. The highest BCUT2D eigenvalue weighted by Gasteiger charge is 2.07. The van der Waals surface area contributed by atoms with Crippen LogP contribution in [0.3, 0.4) is 0 Å². The molecule has 0 amide bonds. The van der Waals surface area contributed by atoms with Crippen LogP contribution in [0, 0.1) is 11.7 Å². The van der Waals surface area contributed by atoms with E-state index in [1.54, 1.807) is 0 Å². The van der Waals surface area contributed by atoms with Gasteiger partial charge in [-0.25, -0.2) is 0 Å². The zero-order valence-corrected chi connectivity index (χ0v) is 12.3. The predicted molar refractivity (Wildman–Crippen MR) is 79.6 cm³/mol. The van der Waals surface area contributed by atoms with Gasteiger partial charge >= 0.3 is 0 Å². The second-order valence-corrected chi connectivity index (χ2v) is 5.56. The van der Waals surface area contributed by atoms with Crippen molar-refractivity contribution >= 4 is 23.3 Å². The van der Waals surface area contributed by atoms with E-state index in [0.29, 0.717) is 6.04 Å². The number of hydrogen-bond donors (Lipinski definition) is 1. The maximum Gasteiger partial charge on any atom is 0.178 e. The summed E-state index contributed by atoms with van der Waals surface area (Å²) in [7, 11) is 2.15. The van der Waals surface area contributed by atoms with Gasteiger partial charge in [0.15, 0.2) is 4.77 Å². The zero-order valence-electron chi connectivity index (χ0n) is 11.5. The molecular formula is C14H21N3S. The molecule has 18 heavy (non-hydrogen) atoms. The number of nitrogens with zero attached hydrogens (tertiary/aromatic N) is 2. The number of aryl methyl sites for hydroxylation is 1. The Morgan fingerprint density at radius 2 is 2.11 bits per heavy atom. The topological polar surface area (TPSA) is 24.0 Å². The molecular weight excluding hydrogens is 242 g/mol. The fraction of sp³-hybridized carbons (Fsp3) is 0.500. The molecule has 0 saturated heterocycles. The van der Waals surface area contributed by atoms with E-state index in [0.717, 1.165) is 23.4 Å². The highest BCUT2D eigenvalue weighted by atomic mass is 32.1. The van der Waals surface area contributed by atoms with Crippen molar-refractivity contribution in [2.45, 2.75) is 33.4 Å². The number of nitrogens with one attached hydrogen (secondary N) is 1. The van der Waals surface area contributed by atoms with Crippen LogP contribution in [0.1, 0.15) is 19.4 Å². The van der Waals surface area contributed by atoms with Crippen molar-refractivity contribution in [3.63, 3.8) is 0 Å². The summed E-state index contributed by atoms with van der Waals surface area (Å²) < 4.78 is 3.00. The van der Waals surface area contributed by atoms with Crippen LogP contribution in [0.25, 0.3) is 11.0 Å². The number of hydrogen-bond acceptors (Lipinski definition) is 2. The van der Waals surface area contributed by atoms with E-state index in [4.69, 9.17) is 12.2 Å². The first-order valence-electron chi connectivity index (χ1n) is 6.38. The molecule has 0 aliphatic carbocycles. The van der Waals surface area contributed by atoms with Crippen LogP contribution in [0.4, 0.5) is 0 Å². The molecule has 0 bridgehead atoms. The molecule has 2 aromatic rings. The Hall–Kier alpha value is -1.13. The molecule has 1 aromatic heterocycles. The minimum Gasteiger partial charge on any atom is -0.331 e. The lowest BCUT2D eigenvalue weighted by Crippen LogP contribution is -2.29. The molecule has 0 atom stereocenters. The van der Waals surface area contributed by atoms with E-state index in [2.05, 4.69) is 60.5 Å². The molecule has 0 saturated carbocycles. The molecule has 1 N–H and O–H groups in total. The Bertz CT molecular complexity index is 595. The molecule has 98 valence electrons. The molecule has 3 nitrogen and oxygen atoms in total. The molecule has 0 fully saturated rings. The molecule has 0 unspecified atom stereocenters. The fourth-order valence-corrected chi connectivity index (χ4v) is 2.30. The lowest BCUT2D eigenvalue weighted by atomic mass is 10.2. The van der Waals surface area contributed by atoms with Gasteiger partial charge in [0.1, 0.15) is 0 Å². The van der Waals surface area contributed by atoms with Crippen molar-refractivity contribution < 1.29 is 0 Å². The first-order chi connectivity index (χ1) is 8.49. The third-order valence-corrected chi connectivity index (χ3v) is 3.81. The molecule has 0 radical (unpaired) electrons. The van der Waals surface area contributed by atoms with Crippen LogP contribution in [0.2, 0.25) is 0 Å². The number of imidazole rings is 1. The lowest BCUT2D eigenvalue weighted by molar-refractivity contribution is 0.263. The predicted octanol–water partition coefficient (Wildman–Crippen LogP) is 3.35. The standard InChI is InChI=1S/C14H21N3S/c1-10(2)16(4)7-8-17-13-9-11(3)5-6-12(13)15-14(17)18/h5-6,9-10H,7-8H2,1-4H3,(H,15,18). The molecule has 2 rings (SSSR count). The largest absolute Gasteiger partial charge is 0.331 e. The van der Waals surface area contributed by atoms with E-state index in [1.165, 1.54) is 11.1 Å². The van der Waals surface area contributed by atoms with Crippen molar-refractivity contribution in [2.75, 3.05) is 13.6 Å². The molecule has 1 heterocycles. The average Bonchev–Trinajstić information content (AvgIpc) is 2.61. The van der Waals surface area contributed by atoms with Crippen LogP contribution < -0.4 is 0 Å². The number of aromatic amines is 1. The minimum absolute atomic E-state index is 0.561. The summed E-state index contributed by atoms with van der Waals surface area (Å²) in [6.07, 6.45) is 0. The average molecular weight is 263 g/mol. The summed E-state index contributed by atoms with van der Waals surface area (Å²) in [6.45, 7) is 8.46. The van der Waals surface area contributed by atoms with Crippen molar-refractivity contribution in [1.29, 1.82) is 0 Å². The van der Waals surface area contributed by atoms with Crippen LogP contribution >= 0.6 is 12.2 Å². The Kier molecular flexibility index (Phi) is 3.88. The SMILES string of the molecule is Cc1ccc2[nH]c(=S)n(CCN(C)C(C)C)c2c1. The van der Waals surface area contributed by atoms with E-state index < -0.39 is 0 Å². The highest BCUT2D eigenvalue weighted by molar-refractivity contribution is 7.71. The molecule has 4 heteroatoms. The van der Waals surface area contributed by atoms with Gasteiger partial charge in [-0.05, 0) is 57.7 Å². The van der Waals surface area contributed by atoms with Gasteiger partial charge in [-0.15, -0.1) is 0 Å². The van der Waals surface area contributed by atoms with E-state index in [9.17, 15) is 0 Å². The van der Waals surface area contributed by atoms with Crippen molar-refractivity contribution in [3.05, 3.63) is 28.5 Å². The van der Waals surface area contributed by atoms with Crippen molar-refractivity contribution in [2.24, 2.45) is 0 Å². The minimum atomic E-state index is 0.561. The van der Waals surface area contributed by atoms with Gasteiger partial charge in [-0.1, -0.05) is 6.07 Å². The van der Waals surface area contributed by atoms with Gasteiger partial charge < -0.3 is 14.5 Å². The molecule has 1 aromatic carbocycles. The van der Waals surface area contributed by atoms with Crippen LogP contribution in [-0.2, 0) is 6.54 Å². The summed E-state index contributed by atoms with van der Waals surface area (Å²) in [4.78, 5) is 5.60.